The van der Waals surface area contributed by atoms with Crippen molar-refractivity contribution in [3.63, 3.8) is 0 Å². The molecule has 0 saturated carbocycles. The second-order valence-electron chi connectivity index (χ2n) is 6.69. The number of hydrogen-bond donors (Lipinski definition) is 4. The zero-order chi connectivity index (χ0) is 19.6. The van der Waals surface area contributed by atoms with Gasteiger partial charge >= 0.3 is 0 Å². The molecule has 0 bridgehead atoms. The molecule has 0 spiro atoms. The van der Waals surface area contributed by atoms with E-state index in [1.54, 1.807) is 0 Å². The van der Waals surface area contributed by atoms with Crippen LogP contribution in [-0.4, -0.2) is 36.9 Å². The summed E-state index contributed by atoms with van der Waals surface area (Å²) in [5.74, 6) is -0.172. The fourth-order valence-corrected chi connectivity index (χ4v) is 2.76. The molecular formula is C19H39N5O2. The number of aliphatic imine (C=N–C) groups is 1. The first-order valence-corrected chi connectivity index (χ1v) is 10.1. The molecule has 0 fully saturated rings. The van der Waals surface area contributed by atoms with E-state index in [2.05, 4.69) is 22.5 Å². The molecule has 0 heterocycles. The molecule has 7 nitrogen and oxygen atoms in total. The summed E-state index contributed by atoms with van der Waals surface area (Å²) in [6.45, 7) is 5.06. The maximum Gasteiger partial charge on any atom is 0.242 e. The molecule has 1 atom stereocenters. The number of carbonyl (C=O) groups is 2. The SMILES string of the molecule is CCCCCCCCCCC(=O)NC(CCCN=C(N)N)C(=O)NCC. The van der Waals surface area contributed by atoms with E-state index < -0.39 is 6.04 Å². The molecule has 2 amide bonds. The molecule has 6 N–H and O–H groups in total. The zero-order valence-corrected chi connectivity index (χ0v) is 16.7. The van der Waals surface area contributed by atoms with Gasteiger partial charge in [0.1, 0.15) is 6.04 Å². The minimum absolute atomic E-state index is 0.0401. The normalized spacial score (nSPS) is 11.6. The summed E-state index contributed by atoms with van der Waals surface area (Å²) in [5, 5.41) is 5.61. The summed E-state index contributed by atoms with van der Waals surface area (Å²) >= 11 is 0. The molecule has 0 aliphatic rings. The smallest absolute Gasteiger partial charge is 0.242 e. The lowest BCUT2D eigenvalue weighted by atomic mass is 10.1. The third kappa shape index (κ3) is 14.5. The summed E-state index contributed by atoms with van der Waals surface area (Å²) in [5.41, 5.74) is 10.6. The van der Waals surface area contributed by atoms with Crippen LogP contribution < -0.4 is 22.1 Å². The number of rotatable bonds is 16. The number of guanidine groups is 1. The Kier molecular flexibility index (Phi) is 15.5. The molecule has 152 valence electrons. The van der Waals surface area contributed by atoms with Gasteiger partial charge in [-0.3, -0.25) is 14.6 Å². The van der Waals surface area contributed by atoms with Gasteiger partial charge in [0.05, 0.1) is 0 Å². The Balaban J connectivity index is 4.04. The second kappa shape index (κ2) is 16.7. The molecule has 26 heavy (non-hydrogen) atoms. The predicted molar refractivity (Wildman–Crippen MR) is 108 cm³/mol. The Labute approximate surface area is 158 Å². The van der Waals surface area contributed by atoms with E-state index in [0.29, 0.717) is 32.4 Å². The zero-order valence-electron chi connectivity index (χ0n) is 16.7. The van der Waals surface area contributed by atoms with Crippen molar-refractivity contribution in [3.05, 3.63) is 0 Å². The highest BCUT2D eigenvalue weighted by Gasteiger charge is 2.19. The Bertz CT molecular complexity index is 409. The van der Waals surface area contributed by atoms with Crippen LogP contribution in [0, 0.1) is 0 Å². The molecule has 7 heteroatoms. The van der Waals surface area contributed by atoms with Crippen LogP contribution in [0.5, 0.6) is 0 Å². The van der Waals surface area contributed by atoms with E-state index in [9.17, 15) is 9.59 Å². The first-order chi connectivity index (χ1) is 12.5. The fourth-order valence-electron chi connectivity index (χ4n) is 2.76. The third-order valence-electron chi connectivity index (χ3n) is 4.21. The van der Waals surface area contributed by atoms with Crippen LogP contribution in [-0.2, 0) is 9.59 Å². The lowest BCUT2D eigenvalue weighted by molar-refractivity contribution is -0.129. The van der Waals surface area contributed by atoms with Gasteiger partial charge in [-0.05, 0) is 26.2 Å². The van der Waals surface area contributed by atoms with Crippen LogP contribution in [0.1, 0.15) is 84.5 Å². The van der Waals surface area contributed by atoms with E-state index in [1.165, 1.54) is 38.5 Å². The summed E-state index contributed by atoms with van der Waals surface area (Å²) in [6, 6.07) is -0.523. The van der Waals surface area contributed by atoms with Gasteiger partial charge in [-0.25, -0.2) is 0 Å². The quantitative estimate of drug-likeness (QED) is 0.189. The average Bonchev–Trinajstić information content (AvgIpc) is 2.59. The van der Waals surface area contributed by atoms with Crippen molar-refractivity contribution in [2.45, 2.75) is 90.5 Å². The number of nitrogens with one attached hydrogen (secondary N) is 2. The number of nitrogens with zero attached hydrogens (tertiary/aromatic N) is 1. The number of carbonyl (C=O) groups excluding carboxylic acids is 2. The molecular weight excluding hydrogens is 330 g/mol. The van der Waals surface area contributed by atoms with Gasteiger partial charge in [0.2, 0.25) is 11.8 Å². The molecule has 0 aromatic carbocycles. The van der Waals surface area contributed by atoms with E-state index in [-0.39, 0.29) is 17.8 Å². The van der Waals surface area contributed by atoms with E-state index in [4.69, 9.17) is 11.5 Å². The molecule has 0 aliphatic heterocycles. The van der Waals surface area contributed by atoms with Crippen LogP contribution in [0.15, 0.2) is 4.99 Å². The fraction of sp³-hybridized carbons (Fsp3) is 0.842. The number of amides is 2. The molecule has 0 radical (unpaired) electrons. The topological polar surface area (TPSA) is 123 Å². The predicted octanol–water partition coefficient (Wildman–Crippen LogP) is 2.19. The van der Waals surface area contributed by atoms with Crippen molar-refractivity contribution in [2.24, 2.45) is 16.5 Å². The molecule has 1 unspecified atom stereocenters. The van der Waals surface area contributed by atoms with Crippen molar-refractivity contribution in [3.8, 4) is 0 Å². The lowest BCUT2D eigenvalue weighted by Gasteiger charge is -2.17. The largest absolute Gasteiger partial charge is 0.370 e. The molecule has 0 aromatic heterocycles. The summed E-state index contributed by atoms with van der Waals surface area (Å²) < 4.78 is 0. The molecule has 0 aliphatic carbocycles. The molecule has 0 aromatic rings. The minimum atomic E-state index is -0.523. The first kappa shape index (κ1) is 24.2. The highest BCUT2D eigenvalue weighted by molar-refractivity contribution is 5.87. The van der Waals surface area contributed by atoms with Crippen LogP contribution in [0.4, 0.5) is 0 Å². The second-order valence-corrected chi connectivity index (χ2v) is 6.69. The molecule has 0 saturated heterocycles. The van der Waals surface area contributed by atoms with E-state index in [0.717, 1.165) is 12.8 Å². The highest BCUT2D eigenvalue weighted by Crippen LogP contribution is 2.09. The monoisotopic (exact) mass is 369 g/mol. The van der Waals surface area contributed by atoms with Gasteiger partial charge in [-0.15, -0.1) is 0 Å². The van der Waals surface area contributed by atoms with Gasteiger partial charge in [0, 0.05) is 19.5 Å². The molecule has 0 rings (SSSR count). The first-order valence-electron chi connectivity index (χ1n) is 10.1. The van der Waals surface area contributed by atoms with Gasteiger partial charge in [-0.2, -0.15) is 0 Å². The number of unbranched alkanes of at least 4 members (excludes halogenated alkanes) is 7. The van der Waals surface area contributed by atoms with Gasteiger partial charge in [0.15, 0.2) is 5.96 Å². The Morgan fingerprint density at radius 1 is 0.923 bits per heavy atom. The number of likely N-dealkylation sites (N-methyl/N-ethyl adjacent to an activating group) is 1. The number of hydrogen-bond acceptors (Lipinski definition) is 3. The highest BCUT2D eigenvalue weighted by atomic mass is 16.2. The van der Waals surface area contributed by atoms with E-state index in [1.807, 2.05) is 6.92 Å². The summed E-state index contributed by atoms with van der Waals surface area (Å²) in [4.78, 5) is 28.1. The standard InChI is InChI=1S/C19H39N5O2/c1-3-5-6-7-8-9-10-11-14-17(25)24-16(18(26)22-4-2)13-12-15-23-19(20)21/h16H,3-15H2,1-2H3,(H,22,26)(H,24,25)(H4,20,21,23). The number of nitrogens with two attached hydrogens (primary N) is 2. The van der Waals surface area contributed by atoms with Crippen molar-refractivity contribution in [1.29, 1.82) is 0 Å². The summed E-state index contributed by atoms with van der Waals surface area (Å²) in [7, 11) is 0. The van der Waals surface area contributed by atoms with Crippen molar-refractivity contribution >= 4 is 17.8 Å². The van der Waals surface area contributed by atoms with Crippen LogP contribution in [0.25, 0.3) is 0 Å². The van der Waals surface area contributed by atoms with Crippen LogP contribution in [0.2, 0.25) is 0 Å². The Morgan fingerprint density at radius 2 is 1.54 bits per heavy atom. The van der Waals surface area contributed by atoms with Gasteiger partial charge in [0.25, 0.3) is 0 Å². The Morgan fingerprint density at radius 3 is 2.12 bits per heavy atom. The Hall–Kier alpha value is -1.79. The van der Waals surface area contributed by atoms with Crippen LogP contribution in [0.3, 0.4) is 0 Å². The maximum atomic E-state index is 12.1. The van der Waals surface area contributed by atoms with Crippen molar-refractivity contribution in [1.82, 2.24) is 10.6 Å². The minimum Gasteiger partial charge on any atom is -0.370 e. The lowest BCUT2D eigenvalue weighted by Crippen LogP contribution is -2.46. The third-order valence-corrected chi connectivity index (χ3v) is 4.21. The van der Waals surface area contributed by atoms with Gasteiger partial charge in [-0.1, -0.05) is 51.9 Å². The maximum absolute atomic E-state index is 12.1. The van der Waals surface area contributed by atoms with Crippen molar-refractivity contribution < 1.29 is 9.59 Å². The van der Waals surface area contributed by atoms with E-state index >= 15 is 0 Å². The summed E-state index contributed by atoms with van der Waals surface area (Å²) in [6.07, 6.45) is 11.2. The van der Waals surface area contributed by atoms with Crippen molar-refractivity contribution in [2.75, 3.05) is 13.1 Å². The van der Waals surface area contributed by atoms with Gasteiger partial charge < -0.3 is 22.1 Å². The average molecular weight is 370 g/mol. The van der Waals surface area contributed by atoms with Crippen LogP contribution >= 0.6 is 0 Å².